The van der Waals surface area contributed by atoms with Crippen molar-refractivity contribution in [1.29, 1.82) is 0 Å². The maximum absolute atomic E-state index is 14.2. The minimum absolute atomic E-state index is 0.0330. The second-order valence-electron chi connectivity index (χ2n) is 11.3. The van der Waals surface area contributed by atoms with E-state index in [4.69, 9.17) is 9.47 Å². The topological polar surface area (TPSA) is 114 Å². The molecule has 1 saturated carbocycles. The average Bonchev–Trinajstić information content (AvgIpc) is 2.76. The number of hydrogen-bond acceptors (Lipinski definition) is 6. The maximum atomic E-state index is 14.2. The van der Waals surface area contributed by atoms with E-state index in [0.717, 1.165) is 36.0 Å². The van der Waals surface area contributed by atoms with Gasteiger partial charge in [-0.3, -0.25) is 14.4 Å². The van der Waals surface area contributed by atoms with Crippen molar-refractivity contribution in [3.05, 3.63) is 34.9 Å². The smallest absolute Gasteiger partial charge is 0.408 e. The number of ether oxygens (including phenoxy) is 2. The molecule has 0 aliphatic heterocycles. The van der Waals surface area contributed by atoms with Crippen LogP contribution in [0.1, 0.15) is 90.0 Å². The van der Waals surface area contributed by atoms with Gasteiger partial charge in [-0.05, 0) is 77.8 Å². The van der Waals surface area contributed by atoms with Gasteiger partial charge in [0.25, 0.3) is 0 Å². The van der Waals surface area contributed by atoms with E-state index in [2.05, 4.69) is 10.6 Å². The molecule has 0 aromatic heterocycles. The summed E-state index contributed by atoms with van der Waals surface area (Å²) in [6, 6.07) is 3.87. The predicted molar refractivity (Wildman–Crippen MR) is 145 cm³/mol. The van der Waals surface area contributed by atoms with Crippen LogP contribution < -0.4 is 10.6 Å². The van der Waals surface area contributed by atoms with Crippen LogP contribution >= 0.6 is 0 Å². The van der Waals surface area contributed by atoms with Crippen LogP contribution in [0.3, 0.4) is 0 Å². The molecule has 1 aromatic carbocycles. The number of esters is 1. The van der Waals surface area contributed by atoms with Gasteiger partial charge < -0.3 is 25.0 Å². The molecule has 9 heteroatoms. The van der Waals surface area contributed by atoms with E-state index >= 15 is 0 Å². The Labute approximate surface area is 227 Å². The van der Waals surface area contributed by atoms with Gasteiger partial charge in [0, 0.05) is 12.6 Å². The van der Waals surface area contributed by atoms with Gasteiger partial charge in [-0.1, -0.05) is 37.6 Å². The summed E-state index contributed by atoms with van der Waals surface area (Å²) in [5.41, 5.74) is 1.84. The zero-order valence-electron chi connectivity index (χ0n) is 24.2. The Morgan fingerprint density at radius 1 is 1.11 bits per heavy atom. The fraction of sp³-hybridized carbons (Fsp3) is 0.655. The molecule has 2 unspecified atom stereocenters. The highest BCUT2D eigenvalue weighted by Crippen LogP contribution is 2.35. The minimum atomic E-state index is -0.920. The molecule has 2 atom stereocenters. The molecule has 0 saturated heterocycles. The Hall–Kier alpha value is -3.10. The number of nitrogens with one attached hydrogen (secondary N) is 2. The second kappa shape index (κ2) is 13.6. The molecule has 2 N–H and O–H groups in total. The van der Waals surface area contributed by atoms with E-state index in [1.165, 1.54) is 0 Å². The quantitative estimate of drug-likeness (QED) is 0.411. The molecule has 1 fully saturated rings. The first kappa shape index (κ1) is 31.1. The first-order chi connectivity index (χ1) is 17.7. The number of benzene rings is 1. The maximum Gasteiger partial charge on any atom is 0.408 e. The van der Waals surface area contributed by atoms with Gasteiger partial charge in [0.15, 0.2) is 0 Å². The fourth-order valence-corrected chi connectivity index (χ4v) is 4.38. The van der Waals surface area contributed by atoms with E-state index < -0.39 is 29.7 Å². The lowest BCUT2D eigenvalue weighted by Crippen LogP contribution is -2.59. The van der Waals surface area contributed by atoms with Gasteiger partial charge in [0.1, 0.15) is 17.7 Å². The minimum Gasteiger partial charge on any atom is -0.466 e. The standard InChI is InChI=1S/C29H45N3O6/c1-9-37-23(33)15-16-30-26(34)25(22-17-19(4)13-14-20(22)5)32(21-11-10-12-21)27(35)24(18(2)3)31-28(36)38-29(6,7)8/h13-14,17-18,21,24-25H,9-12,15-16H2,1-8H3,(H,30,34)(H,31,36). The summed E-state index contributed by atoms with van der Waals surface area (Å²) in [4.78, 5) is 54.1. The molecule has 1 aliphatic carbocycles. The third-order valence-electron chi connectivity index (χ3n) is 6.52. The lowest BCUT2D eigenvalue weighted by molar-refractivity contribution is -0.148. The van der Waals surface area contributed by atoms with Crippen LogP contribution in [0.15, 0.2) is 18.2 Å². The highest BCUT2D eigenvalue weighted by atomic mass is 16.6. The van der Waals surface area contributed by atoms with Gasteiger partial charge >= 0.3 is 12.1 Å². The van der Waals surface area contributed by atoms with Gasteiger partial charge in [-0.15, -0.1) is 0 Å². The summed E-state index contributed by atoms with van der Waals surface area (Å²) < 4.78 is 10.4. The molecule has 3 amide bonds. The number of hydrogen-bond donors (Lipinski definition) is 2. The van der Waals surface area contributed by atoms with Gasteiger partial charge in [0.05, 0.1) is 13.0 Å². The normalized spacial score (nSPS) is 15.2. The van der Waals surface area contributed by atoms with E-state index in [0.29, 0.717) is 0 Å². The summed E-state index contributed by atoms with van der Waals surface area (Å²) >= 11 is 0. The lowest BCUT2D eigenvalue weighted by atomic mass is 9.86. The van der Waals surface area contributed by atoms with Crippen molar-refractivity contribution >= 4 is 23.9 Å². The zero-order valence-corrected chi connectivity index (χ0v) is 24.2. The molecule has 0 heterocycles. The van der Waals surface area contributed by atoms with Crippen LogP contribution in [-0.2, 0) is 23.9 Å². The Kier molecular flexibility index (Phi) is 11.2. The largest absolute Gasteiger partial charge is 0.466 e. The molecular weight excluding hydrogens is 486 g/mol. The van der Waals surface area contributed by atoms with Gasteiger partial charge in [-0.25, -0.2) is 4.79 Å². The molecule has 9 nitrogen and oxygen atoms in total. The molecule has 38 heavy (non-hydrogen) atoms. The van der Waals surface area contributed by atoms with Crippen LogP contribution in [0.25, 0.3) is 0 Å². The Bertz CT molecular complexity index is 997. The number of alkyl carbamates (subject to hydrolysis) is 1. The molecule has 0 spiro atoms. The average molecular weight is 532 g/mol. The van der Waals surface area contributed by atoms with Crippen molar-refractivity contribution < 1.29 is 28.7 Å². The first-order valence-electron chi connectivity index (χ1n) is 13.6. The predicted octanol–water partition coefficient (Wildman–Crippen LogP) is 4.34. The van der Waals surface area contributed by atoms with Crippen molar-refractivity contribution in [2.45, 2.75) is 105 Å². The molecule has 0 radical (unpaired) electrons. The van der Waals surface area contributed by atoms with Crippen LogP contribution in [0.2, 0.25) is 0 Å². The molecule has 0 bridgehead atoms. The Morgan fingerprint density at radius 3 is 2.29 bits per heavy atom. The molecule has 1 aliphatic rings. The SMILES string of the molecule is CCOC(=O)CCNC(=O)C(c1cc(C)ccc1C)N(C(=O)C(NC(=O)OC(C)(C)C)C(C)C)C1CCC1. The van der Waals surface area contributed by atoms with Crippen LogP contribution in [0, 0.1) is 19.8 Å². The van der Waals surface area contributed by atoms with Gasteiger partial charge in [-0.2, -0.15) is 0 Å². The number of carbonyl (C=O) groups is 4. The number of aryl methyl sites for hydroxylation is 2. The van der Waals surface area contributed by atoms with E-state index in [1.54, 1.807) is 32.6 Å². The van der Waals surface area contributed by atoms with Crippen molar-refractivity contribution in [2.75, 3.05) is 13.2 Å². The van der Waals surface area contributed by atoms with Crippen molar-refractivity contribution in [3.63, 3.8) is 0 Å². The highest BCUT2D eigenvalue weighted by Gasteiger charge is 2.43. The zero-order chi connectivity index (χ0) is 28.6. The van der Waals surface area contributed by atoms with Crippen LogP contribution in [0.4, 0.5) is 4.79 Å². The first-order valence-corrected chi connectivity index (χ1v) is 13.6. The summed E-state index contributed by atoms with van der Waals surface area (Å²) in [6.07, 6.45) is 1.83. The van der Waals surface area contributed by atoms with Gasteiger partial charge in [0.2, 0.25) is 11.8 Å². The molecule has 2 rings (SSSR count). The molecular formula is C29H45N3O6. The van der Waals surface area contributed by atoms with Crippen LogP contribution in [0.5, 0.6) is 0 Å². The Morgan fingerprint density at radius 2 is 1.76 bits per heavy atom. The van der Waals surface area contributed by atoms with Crippen molar-refractivity contribution in [1.82, 2.24) is 15.5 Å². The summed E-state index contributed by atoms with van der Waals surface area (Å²) in [6.45, 7) is 14.9. The lowest BCUT2D eigenvalue weighted by Gasteiger charge is -2.44. The molecule has 212 valence electrons. The number of rotatable bonds is 11. The molecule has 1 aromatic rings. The van der Waals surface area contributed by atoms with Crippen molar-refractivity contribution in [2.24, 2.45) is 5.92 Å². The van der Waals surface area contributed by atoms with Crippen molar-refractivity contribution in [3.8, 4) is 0 Å². The summed E-state index contributed by atoms with van der Waals surface area (Å²) in [5.74, 6) is -1.35. The number of nitrogens with zero attached hydrogens (tertiary/aromatic N) is 1. The monoisotopic (exact) mass is 531 g/mol. The third kappa shape index (κ3) is 8.74. The third-order valence-corrected chi connectivity index (χ3v) is 6.52. The van der Waals surface area contributed by atoms with Crippen LogP contribution in [-0.4, -0.2) is 59.6 Å². The highest BCUT2D eigenvalue weighted by molar-refractivity contribution is 5.93. The van der Waals surface area contributed by atoms with E-state index in [-0.39, 0.29) is 43.3 Å². The fourth-order valence-electron chi connectivity index (χ4n) is 4.38. The van der Waals surface area contributed by atoms with E-state index in [1.807, 2.05) is 45.9 Å². The second-order valence-corrected chi connectivity index (χ2v) is 11.3. The summed E-state index contributed by atoms with van der Waals surface area (Å²) in [7, 11) is 0. The Balaban J connectivity index is 2.46. The van der Waals surface area contributed by atoms with E-state index in [9.17, 15) is 19.2 Å². The number of amides is 3. The summed E-state index contributed by atoms with van der Waals surface area (Å²) in [5, 5.41) is 5.60. The number of carbonyl (C=O) groups excluding carboxylic acids is 4.